The molecule has 0 unspecified atom stereocenters. The second kappa shape index (κ2) is 25.2. The predicted octanol–water partition coefficient (Wildman–Crippen LogP) is 4.54. The summed E-state index contributed by atoms with van der Waals surface area (Å²) in [5.41, 5.74) is 1.97. The first-order valence-corrected chi connectivity index (χ1v) is 21.1. The maximum absolute atomic E-state index is 13.0. The molecule has 0 aliphatic carbocycles. The van der Waals surface area contributed by atoms with Gasteiger partial charge in [-0.2, -0.15) is 4.31 Å². The van der Waals surface area contributed by atoms with E-state index in [9.17, 15) is 31.2 Å². The zero-order valence-electron chi connectivity index (χ0n) is 35.0. The van der Waals surface area contributed by atoms with Gasteiger partial charge in [0.15, 0.2) is 34.5 Å². The first kappa shape index (κ1) is 53.3. The molecule has 0 spiro atoms. The smallest absolute Gasteiger partial charge is 0.310 e. The highest BCUT2D eigenvalue weighted by atomic mass is 35.7. The van der Waals surface area contributed by atoms with E-state index < -0.39 is 37.4 Å². The third kappa shape index (κ3) is 15.7. The molecule has 0 fully saturated rings. The van der Waals surface area contributed by atoms with Crippen LogP contribution in [0.1, 0.15) is 22.3 Å². The highest BCUT2D eigenvalue weighted by Gasteiger charge is 2.28. The molecular weight excluding hydrogens is 861 g/mol. The number of carboxylic acid groups (broad SMARTS) is 1. The fourth-order valence-electron chi connectivity index (χ4n) is 5.26. The van der Waals surface area contributed by atoms with Crippen molar-refractivity contribution in [1.29, 1.82) is 0 Å². The van der Waals surface area contributed by atoms with Gasteiger partial charge in [-0.15, -0.1) is 0 Å². The van der Waals surface area contributed by atoms with Gasteiger partial charge in [-0.3, -0.25) is 14.4 Å². The number of methoxy groups -OCH3 is 8. The summed E-state index contributed by atoms with van der Waals surface area (Å²) in [5.74, 6) is 0.239. The molecule has 21 heteroatoms. The highest BCUT2D eigenvalue weighted by molar-refractivity contribution is 8.13. The largest absolute Gasteiger partial charge is 0.493 e. The zero-order valence-corrected chi connectivity index (χ0v) is 37.4. The molecule has 0 aromatic heterocycles. The van der Waals surface area contributed by atoms with Crippen molar-refractivity contribution in [2.45, 2.75) is 35.6 Å². The van der Waals surface area contributed by atoms with E-state index in [1.807, 2.05) is 30.3 Å². The maximum Gasteiger partial charge on any atom is 0.310 e. The summed E-state index contributed by atoms with van der Waals surface area (Å²) < 4.78 is 89.9. The van der Waals surface area contributed by atoms with Crippen LogP contribution in [0, 0.1) is 0 Å². The quantitative estimate of drug-likeness (QED) is 0.0874. The van der Waals surface area contributed by atoms with Crippen molar-refractivity contribution in [3.63, 3.8) is 0 Å². The number of aliphatic carboxylic acids is 1. The second-order valence-electron chi connectivity index (χ2n) is 12.1. The third-order valence-corrected chi connectivity index (χ3v) is 11.6. The molecule has 0 amide bonds. The van der Waals surface area contributed by atoms with Gasteiger partial charge in [-0.1, -0.05) is 36.4 Å². The summed E-state index contributed by atoms with van der Waals surface area (Å²) >= 11 is 0. The van der Waals surface area contributed by atoms with Crippen LogP contribution in [0.25, 0.3) is 0 Å². The molecular formula is C40H48BClNO16S2. The van der Waals surface area contributed by atoms with Crippen LogP contribution in [-0.4, -0.2) is 116 Å². The summed E-state index contributed by atoms with van der Waals surface area (Å²) in [7, 11) is 10.1. The van der Waals surface area contributed by atoms with Gasteiger partial charge in [0.2, 0.25) is 10.0 Å². The average Bonchev–Trinajstić information content (AvgIpc) is 3.23. The Morgan fingerprint density at radius 3 is 1.43 bits per heavy atom. The minimum Gasteiger partial charge on any atom is -0.493 e. The molecule has 1 N–H and O–H groups in total. The Hall–Kier alpha value is -5.70. The van der Waals surface area contributed by atoms with E-state index in [4.69, 9.17) is 44.2 Å². The molecule has 0 aliphatic rings. The monoisotopic (exact) mass is 908 g/mol. The number of rotatable bonds is 17. The lowest BCUT2D eigenvalue weighted by atomic mass is 10.1. The van der Waals surface area contributed by atoms with E-state index in [0.717, 1.165) is 11.1 Å². The molecule has 61 heavy (non-hydrogen) atoms. The van der Waals surface area contributed by atoms with Gasteiger partial charge in [0.1, 0.15) is 0 Å². The molecule has 0 atom stereocenters. The number of benzene rings is 4. The van der Waals surface area contributed by atoms with Crippen molar-refractivity contribution in [3.8, 4) is 34.5 Å². The molecule has 17 nitrogen and oxygen atoms in total. The van der Waals surface area contributed by atoms with Crippen LogP contribution >= 0.6 is 10.7 Å². The Morgan fingerprint density at radius 1 is 0.557 bits per heavy atom. The molecule has 4 rings (SSSR count). The summed E-state index contributed by atoms with van der Waals surface area (Å²) in [6.45, 7) is 0.157. The van der Waals surface area contributed by atoms with Crippen LogP contribution in [0.5, 0.6) is 34.5 Å². The lowest BCUT2D eigenvalue weighted by molar-refractivity contribution is -0.140. The molecule has 0 saturated heterocycles. The van der Waals surface area contributed by atoms with Crippen molar-refractivity contribution >= 4 is 56.1 Å². The number of carbonyl (C=O) groups excluding carboxylic acids is 2. The first-order valence-electron chi connectivity index (χ1n) is 17.3. The highest BCUT2D eigenvalue weighted by Crippen LogP contribution is 2.36. The van der Waals surface area contributed by atoms with Crippen molar-refractivity contribution in [2.24, 2.45) is 0 Å². The SMILES string of the molecule is COC(=O)Cc1cc(OC)c(OC)cc1S(=O)(=O)Cl.COC(=O)Cc1ccc(OC)c(OC)c1.COc1cc(CC(=O)O)c(S(=O)(=O)N(C)Cc2ccccc2)cc1OC.[B]. The fourth-order valence-corrected chi connectivity index (χ4v) is 7.76. The standard InChI is InChI=1S/C18H21NO6S.C11H13ClO6S.C11H14O4.B/c1-19(12-13-7-5-4-6-8-13)26(22,23)17-11-16(25-3)15(24-2)9-14(17)10-18(20)21;1-16-8-4-7(5-11(13)18-3)10(19(12,14)15)6-9(8)17-2;1-13-9-5-4-8(6-10(9)14-2)7-11(12)15-3;/h4-9,11H,10,12H2,1-3H3,(H,20,21);4,6H,5H2,1-3H3;4-6H,7H2,1-3H3;. The summed E-state index contributed by atoms with van der Waals surface area (Å²) in [6, 6.07) is 19.7. The van der Waals surface area contributed by atoms with Gasteiger partial charge in [-0.25, -0.2) is 16.8 Å². The Bertz CT molecular complexity index is 2310. The molecule has 0 saturated carbocycles. The molecule has 331 valence electrons. The minimum absolute atomic E-state index is 0. The number of ether oxygens (including phenoxy) is 8. The van der Waals surface area contributed by atoms with E-state index in [0.29, 0.717) is 17.2 Å². The van der Waals surface area contributed by atoms with E-state index in [-0.39, 0.29) is 71.9 Å². The van der Waals surface area contributed by atoms with Gasteiger partial charge in [-0.05, 0) is 46.5 Å². The number of carboxylic acids is 1. The van der Waals surface area contributed by atoms with Crippen molar-refractivity contribution in [3.05, 3.63) is 95.1 Å². The maximum atomic E-state index is 13.0. The molecule has 4 aromatic rings. The lowest BCUT2D eigenvalue weighted by Gasteiger charge is -2.20. The Kier molecular flexibility index (Phi) is 22.0. The van der Waals surface area contributed by atoms with Crippen LogP contribution < -0.4 is 28.4 Å². The van der Waals surface area contributed by atoms with Crippen LogP contribution in [0.3, 0.4) is 0 Å². The van der Waals surface area contributed by atoms with E-state index >= 15 is 0 Å². The van der Waals surface area contributed by atoms with Crippen LogP contribution in [0.2, 0.25) is 0 Å². The number of nitrogens with zero attached hydrogens (tertiary/aromatic N) is 1. The fraction of sp³-hybridized carbons (Fsp3) is 0.325. The van der Waals surface area contributed by atoms with E-state index in [1.165, 1.54) is 78.3 Å². The molecule has 4 aromatic carbocycles. The van der Waals surface area contributed by atoms with Gasteiger partial charge >= 0.3 is 17.9 Å². The Labute approximate surface area is 362 Å². The van der Waals surface area contributed by atoms with Crippen molar-refractivity contribution < 1.29 is 74.2 Å². The summed E-state index contributed by atoms with van der Waals surface area (Å²) in [6.07, 6.45) is -0.455. The van der Waals surface area contributed by atoms with Gasteiger partial charge in [0, 0.05) is 44.8 Å². The van der Waals surface area contributed by atoms with E-state index in [2.05, 4.69) is 9.47 Å². The third-order valence-electron chi connectivity index (χ3n) is 8.26. The lowest BCUT2D eigenvalue weighted by Crippen LogP contribution is -2.27. The van der Waals surface area contributed by atoms with Gasteiger partial charge in [0.05, 0.1) is 85.9 Å². The Morgan fingerprint density at radius 2 is 0.984 bits per heavy atom. The second-order valence-corrected chi connectivity index (χ2v) is 16.6. The van der Waals surface area contributed by atoms with E-state index in [1.54, 1.807) is 32.4 Å². The van der Waals surface area contributed by atoms with Crippen LogP contribution in [-0.2, 0) is 68.7 Å². The van der Waals surface area contributed by atoms with Gasteiger partial charge < -0.3 is 43.0 Å². The predicted molar refractivity (Wildman–Crippen MR) is 225 cm³/mol. The Balaban J connectivity index is 0.000000473. The normalized spacial score (nSPS) is 10.6. The van der Waals surface area contributed by atoms with Crippen molar-refractivity contribution in [2.75, 3.05) is 63.9 Å². The number of hydrogen-bond donors (Lipinski definition) is 1. The first-order chi connectivity index (χ1) is 28.3. The summed E-state index contributed by atoms with van der Waals surface area (Å²) in [5, 5.41) is 9.14. The minimum atomic E-state index is -4.02. The number of carbonyl (C=O) groups is 3. The number of esters is 2. The van der Waals surface area contributed by atoms with Crippen molar-refractivity contribution in [1.82, 2.24) is 4.31 Å². The number of halogens is 1. The zero-order chi connectivity index (χ0) is 45.2. The molecule has 0 bridgehead atoms. The number of sulfonamides is 1. The van der Waals surface area contributed by atoms with Crippen LogP contribution in [0.4, 0.5) is 0 Å². The number of hydrogen-bond acceptors (Lipinski definition) is 15. The average molecular weight is 909 g/mol. The molecule has 3 radical (unpaired) electrons. The van der Waals surface area contributed by atoms with Gasteiger partial charge in [0.25, 0.3) is 9.05 Å². The molecule has 0 heterocycles. The topological polar surface area (TPSA) is 217 Å². The summed E-state index contributed by atoms with van der Waals surface area (Å²) in [4.78, 5) is 33.2. The van der Waals surface area contributed by atoms with Crippen LogP contribution in [0.15, 0.2) is 82.6 Å². The molecule has 0 aliphatic heterocycles.